The van der Waals surface area contributed by atoms with E-state index in [1.54, 1.807) is 25.7 Å². The van der Waals surface area contributed by atoms with E-state index in [-0.39, 0.29) is 0 Å². The Morgan fingerprint density at radius 2 is 1.92 bits per heavy atom. The van der Waals surface area contributed by atoms with Crippen LogP contribution in [0.3, 0.4) is 0 Å². The molecule has 0 aromatic heterocycles. The lowest BCUT2D eigenvalue weighted by Crippen LogP contribution is -2.41. The highest BCUT2D eigenvalue weighted by atomic mass is 14.8. The molecule has 2 unspecified atom stereocenters. The summed E-state index contributed by atoms with van der Waals surface area (Å²) in [6.07, 6.45) is 6.33. The Labute approximate surface area is 74.7 Å². The second-order valence-corrected chi connectivity index (χ2v) is 6.78. The molecule has 6 atom stereocenters. The standard InChI is InChI=1S/C12H18/c1-11-3-7-4-12(2,6-11)10-8(5-11)9(7)10/h7-10H,3-6H2,1-2H3/t7-,8-,9?,10?,11-,12-/m0/s1. The molecule has 0 spiro atoms. The van der Waals surface area contributed by atoms with Crippen LogP contribution in [0.5, 0.6) is 0 Å². The maximum Gasteiger partial charge on any atom is -0.0284 e. The molecule has 5 saturated carbocycles. The average molecular weight is 162 g/mol. The van der Waals surface area contributed by atoms with Gasteiger partial charge in [0, 0.05) is 0 Å². The van der Waals surface area contributed by atoms with Crippen molar-refractivity contribution >= 4 is 0 Å². The van der Waals surface area contributed by atoms with Crippen molar-refractivity contribution in [1.29, 1.82) is 0 Å². The third-order valence-corrected chi connectivity index (χ3v) is 5.62. The SMILES string of the molecule is C[C@@]12C[C@H]3C[C@@](C)(C1)C1C3[C@@H]1C2. The highest BCUT2D eigenvalue weighted by Gasteiger charge is 2.75. The summed E-state index contributed by atoms with van der Waals surface area (Å²) in [5.74, 6) is 4.77. The fourth-order valence-electron chi connectivity index (χ4n) is 5.96. The molecule has 5 fully saturated rings. The maximum atomic E-state index is 2.58. The molecule has 0 amide bonds. The van der Waals surface area contributed by atoms with E-state index in [2.05, 4.69) is 13.8 Å². The molecular weight excluding hydrogens is 144 g/mol. The van der Waals surface area contributed by atoms with Crippen molar-refractivity contribution in [2.24, 2.45) is 34.5 Å². The molecular formula is C12H18. The number of rotatable bonds is 0. The Morgan fingerprint density at radius 3 is 2.58 bits per heavy atom. The third-order valence-electron chi connectivity index (χ3n) is 5.62. The Balaban J connectivity index is 1.89. The summed E-state index contributed by atoms with van der Waals surface area (Å²) >= 11 is 0. The van der Waals surface area contributed by atoms with Gasteiger partial charge in [-0.25, -0.2) is 0 Å². The first-order valence-corrected chi connectivity index (χ1v) is 5.61. The van der Waals surface area contributed by atoms with Crippen LogP contribution in [0.2, 0.25) is 0 Å². The van der Waals surface area contributed by atoms with Crippen molar-refractivity contribution in [2.75, 3.05) is 0 Å². The number of hydrogen-bond acceptors (Lipinski definition) is 0. The van der Waals surface area contributed by atoms with Gasteiger partial charge in [0.2, 0.25) is 0 Å². The first-order valence-electron chi connectivity index (χ1n) is 5.61. The Bertz CT molecular complexity index is 269. The predicted molar refractivity (Wildman–Crippen MR) is 48.6 cm³/mol. The van der Waals surface area contributed by atoms with Crippen LogP contribution in [-0.2, 0) is 0 Å². The van der Waals surface area contributed by atoms with Gasteiger partial charge in [-0.15, -0.1) is 0 Å². The average Bonchev–Trinajstić information content (AvgIpc) is 2.52. The van der Waals surface area contributed by atoms with Gasteiger partial charge in [-0.05, 0) is 60.2 Å². The van der Waals surface area contributed by atoms with Crippen molar-refractivity contribution in [2.45, 2.75) is 39.5 Å². The fraction of sp³-hybridized carbons (Fsp3) is 1.00. The Hall–Kier alpha value is 0. The molecule has 0 heterocycles. The van der Waals surface area contributed by atoms with E-state index in [4.69, 9.17) is 0 Å². The predicted octanol–water partition coefficient (Wildman–Crippen LogP) is 3.08. The quantitative estimate of drug-likeness (QED) is 0.513. The zero-order chi connectivity index (χ0) is 8.14. The summed E-state index contributed by atoms with van der Waals surface area (Å²) in [5, 5.41) is 0. The molecule has 66 valence electrons. The maximum absolute atomic E-state index is 2.58. The molecule has 12 heavy (non-hydrogen) atoms. The van der Waals surface area contributed by atoms with Gasteiger partial charge in [0.05, 0.1) is 0 Å². The Kier molecular flexibility index (Phi) is 0.755. The lowest BCUT2D eigenvalue weighted by molar-refractivity contribution is -0.00873. The van der Waals surface area contributed by atoms with E-state index in [9.17, 15) is 0 Å². The number of hydrogen-bond donors (Lipinski definition) is 0. The van der Waals surface area contributed by atoms with Crippen LogP contribution in [-0.4, -0.2) is 0 Å². The molecule has 0 heteroatoms. The molecule has 0 radical (unpaired) electrons. The smallest absolute Gasteiger partial charge is 0.0284 e. The second-order valence-electron chi connectivity index (χ2n) is 6.78. The first-order chi connectivity index (χ1) is 5.61. The summed E-state index contributed by atoms with van der Waals surface area (Å²) in [7, 11) is 0. The topological polar surface area (TPSA) is 0 Å². The molecule has 0 aliphatic heterocycles. The van der Waals surface area contributed by atoms with Gasteiger partial charge in [0.25, 0.3) is 0 Å². The van der Waals surface area contributed by atoms with Gasteiger partial charge >= 0.3 is 0 Å². The summed E-state index contributed by atoms with van der Waals surface area (Å²) in [6, 6.07) is 0. The van der Waals surface area contributed by atoms with E-state index in [1.165, 1.54) is 17.8 Å². The molecule has 0 N–H and O–H groups in total. The molecule has 0 nitrogen and oxygen atoms in total. The van der Waals surface area contributed by atoms with E-state index >= 15 is 0 Å². The highest BCUT2D eigenvalue weighted by molar-refractivity contribution is 5.23. The fourth-order valence-corrected chi connectivity index (χ4v) is 5.96. The third kappa shape index (κ3) is 0.482. The summed E-state index contributed by atoms with van der Waals surface area (Å²) < 4.78 is 0. The highest BCUT2D eigenvalue weighted by Crippen LogP contribution is 2.82. The van der Waals surface area contributed by atoms with Gasteiger partial charge in [0.1, 0.15) is 0 Å². The van der Waals surface area contributed by atoms with Gasteiger partial charge in [-0.1, -0.05) is 13.8 Å². The van der Waals surface area contributed by atoms with Crippen LogP contribution >= 0.6 is 0 Å². The van der Waals surface area contributed by atoms with Gasteiger partial charge in [-0.3, -0.25) is 0 Å². The summed E-state index contributed by atoms with van der Waals surface area (Å²) in [4.78, 5) is 0. The van der Waals surface area contributed by atoms with Gasteiger partial charge in [0.15, 0.2) is 0 Å². The minimum absolute atomic E-state index is 0.784. The minimum atomic E-state index is 0.784. The largest absolute Gasteiger partial charge is 0.0596 e. The van der Waals surface area contributed by atoms with Crippen molar-refractivity contribution in [3.63, 3.8) is 0 Å². The van der Waals surface area contributed by atoms with Crippen LogP contribution < -0.4 is 0 Å². The summed E-state index contributed by atoms with van der Waals surface area (Å²) in [6.45, 7) is 5.14. The molecule has 5 rings (SSSR count). The summed E-state index contributed by atoms with van der Waals surface area (Å²) in [5.41, 5.74) is 1.59. The lowest BCUT2D eigenvalue weighted by atomic mass is 9.54. The van der Waals surface area contributed by atoms with Crippen LogP contribution in [0.25, 0.3) is 0 Å². The zero-order valence-electron chi connectivity index (χ0n) is 8.14. The van der Waals surface area contributed by atoms with Crippen molar-refractivity contribution in [3.05, 3.63) is 0 Å². The van der Waals surface area contributed by atoms with E-state index in [0.717, 1.165) is 16.7 Å². The molecule has 0 aromatic rings. The van der Waals surface area contributed by atoms with Crippen LogP contribution in [0.4, 0.5) is 0 Å². The molecule has 5 aliphatic carbocycles. The zero-order valence-corrected chi connectivity index (χ0v) is 8.14. The van der Waals surface area contributed by atoms with Crippen molar-refractivity contribution in [1.82, 2.24) is 0 Å². The second kappa shape index (κ2) is 1.40. The Morgan fingerprint density at radius 1 is 1.08 bits per heavy atom. The van der Waals surface area contributed by atoms with E-state index < -0.39 is 0 Å². The monoisotopic (exact) mass is 162 g/mol. The molecule has 0 saturated heterocycles. The van der Waals surface area contributed by atoms with E-state index in [1.807, 2.05) is 0 Å². The van der Waals surface area contributed by atoms with Crippen LogP contribution in [0.15, 0.2) is 0 Å². The molecule has 4 bridgehead atoms. The van der Waals surface area contributed by atoms with E-state index in [0.29, 0.717) is 0 Å². The van der Waals surface area contributed by atoms with Gasteiger partial charge in [-0.2, -0.15) is 0 Å². The van der Waals surface area contributed by atoms with Crippen LogP contribution in [0, 0.1) is 34.5 Å². The normalized spacial score (nSPS) is 76.5. The first kappa shape index (κ1) is 6.45. The molecule has 0 aromatic carbocycles. The van der Waals surface area contributed by atoms with Gasteiger partial charge < -0.3 is 0 Å². The molecule has 5 aliphatic rings. The van der Waals surface area contributed by atoms with Crippen LogP contribution in [0.1, 0.15) is 39.5 Å². The van der Waals surface area contributed by atoms with Crippen molar-refractivity contribution < 1.29 is 0 Å². The lowest BCUT2D eigenvalue weighted by Gasteiger charge is -2.51. The van der Waals surface area contributed by atoms with Crippen molar-refractivity contribution in [3.8, 4) is 0 Å². The minimum Gasteiger partial charge on any atom is -0.0596 e.